The van der Waals surface area contributed by atoms with E-state index in [2.05, 4.69) is 25.1 Å². The number of fused-ring (bicyclic) bond motifs is 1. The van der Waals surface area contributed by atoms with Gasteiger partial charge in [0.1, 0.15) is 23.3 Å². The topological polar surface area (TPSA) is 282 Å². The Kier molecular flexibility index (Phi) is 10.4. The number of nitrogens with two attached hydrogens (primary N) is 2. The maximum Gasteiger partial charge on any atom is 0.418 e. The Morgan fingerprint density at radius 1 is 1.22 bits per heavy atom. The number of hydrogen-bond donors (Lipinski definition) is 7. The lowest BCUT2D eigenvalue weighted by Crippen LogP contribution is -2.76. The van der Waals surface area contributed by atoms with E-state index < -0.39 is 57.2 Å². The molecule has 3 heterocycles. The molecule has 1 aromatic heterocycles. The van der Waals surface area contributed by atoms with Crippen molar-refractivity contribution in [2.45, 2.75) is 101 Å². The largest absolute Gasteiger partial charge is 0.485 e. The van der Waals surface area contributed by atoms with Gasteiger partial charge in [0.2, 0.25) is 0 Å². The van der Waals surface area contributed by atoms with Crippen LogP contribution < -0.4 is 26.8 Å². The van der Waals surface area contributed by atoms with E-state index >= 15 is 0 Å². The number of oxime groups is 1. The van der Waals surface area contributed by atoms with E-state index in [1.54, 1.807) is 12.1 Å². The van der Waals surface area contributed by atoms with Crippen LogP contribution >= 0.6 is 11.3 Å². The molecule has 3 aliphatic rings. The zero-order chi connectivity index (χ0) is 36.6. The molecule has 1 aromatic carbocycles. The van der Waals surface area contributed by atoms with E-state index in [1.807, 2.05) is 6.07 Å². The predicted octanol–water partition coefficient (Wildman–Crippen LogP) is 1.10. The SMILES string of the molecule is CC(O/N=C(\C(=O)N[C@@H]1C(=O)N(OS(=O)(=O)O)C1(C)C)c1csc(N)n1)(C(=O)O)[C@H]1CCc2cc(C(=N)N[C@H]3CCC[C@H](N)CC3)ccc2O1. The fraction of sp³-hybridized carbons (Fsp3) is 0.533. The molecule has 2 aromatic rings. The Balaban J connectivity index is 1.32. The van der Waals surface area contributed by atoms with E-state index in [9.17, 15) is 27.9 Å². The van der Waals surface area contributed by atoms with Gasteiger partial charge in [-0.25, -0.2) is 9.78 Å². The minimum atomic E-state index is -5.03. The first-order valence-corrected chi connectivity index (χ1v) is 18.1. The summed E-state index contributed by atoms with van der Waals surface area (Å²) in [6, 6.07) is 4.22. The Labute approximate surface area is 291 Å². The normalized spacial score (nSPS) is 24.8. The van der Waals surface area contributed by atoms with E-state index in [0.29, 0.717) is 22.8 Å². The second-order valence-corrected chi connectivity index (χ2v) is 15.1. The van der Waals surface area contributed by atoms with Crippen molar-refractivity contribution < 1.29 is 46.3 Å². The molecule has 2 aliphatic heterocycles. The van der Waals surface area contributed by atoms with Gasteiger partial charge in [-0.2, -0.15) is 13.5 Å². The third-order valence-corrected chi connectivity index (χ3v) is 10.1. The highest BCUT2D eigenvalue weighted by Gasteiger charge is 2.58. The second kappa shape index (κ2) is 14.1. The number of aliphatic carboxylic acids is 1. The number of aromatic nitrogens is 1. The first-order valence-electron chi connectivity index (χ1n) is 15.8. The van der Waals surface area contributed by atoms with Crippen LogP contribution in [0.1, 0.15) is 76.1 Å². The van der Waals surface area contributed by atoms with Crippen molar-refractivity contribution in [3.63, 3.8) is 0 Å². The van der Waals surface area contributed by atoms with E-state index in [0.717, 1.165) is 49.0 Å². The summed E-state index contributed by atoms with van der Waals surface area (Å²) in [7, 11) is -5.03. The van der Waals surface area contributed by atoms with E-state index in [4.69, 9.17) is 31.0 Å². The van der Waals surface area contributed by atoms with Gasteiger partial charge in [-0.05, 0) is 89.5 Å². The molecule has 5 rings (SSSR count). The molecule has 2 fully saturated rings. The third-order valence-electron chi connectivity index (χ3n) is 9.12. The number of nitrogens with one attached hydrogen (secondary N) is 3. The number of hydroxylamine groups is 2. The van der Waals surface area contributed by atoms with Gasteiger partial charge < -0.3 is 36.8 Å². The van der Waals surface area contributed by atoms with Crippen molar-refractivity contribution >= 4 is 56.2 Å². The van der Waals surface area contributed by atoms with Crippen molar-refractivity contribution in [1.82, 2.24) is 20.7 Å². The molecular formula is C30H40N8O10S2. The number of carboxylic acids is 1. The van der Waals surface area contributed by atoms with Crippen LogP contribution in [0.2, 0.25) is 0 Å². The van der Waals surface area contributed by atoms with Gasteiger partial charge in [-0.15, -0.1) is 15.6 Å². The molecule has 0 bridgehead atoms. The summed E-state index contributed by atoms with van der Waals surface area (Å²) in [5.41, 5.74) is 9.14. The number of hydrogen-bond acceptors (Lipinski definition) is 14. The summed E-state index contributed by atoms with van der Waals surface area (Å²) in [4.78, 5) is 48.4. The van der Waals surface area contributed by atoms with Crippen molar-refractivity contribution in [1.29, 1.82) is 5.41 Å². The Morgan fingerprint density at radius 2 is 1.96 bits per heavy atom. The average Bonchev–Trinajstić information content (AvgIpc) is 3.38. The number of carbonyl (C=O) groups excluding carboxylic acids is 2. The summed E-state index contributed by atoms with van der Waals surface area (Å²) >= 11 is 0.964. The monoisotopic (exact) mass is 736 g/mol. The molecule has 0 spiro atoms. The van der Waals surface area contributed by atoms with Crippen LogP contribution in [0.15, 0.2) is 28.7 Å². The van der Waals surface area contributed by atoms with Gasteiger partial charge in [-0.3, -0.25) is 19.6 Å². The number of nitrogen functional groups attached to an aromatic ring is 1. The minimum Gasteiger partial charge on any atom is -0.485 e. The van der Waals surface area contributed by atoms with Crippen molar-refractivity contribution in [3.05, 3.63) is 40.4 Å². The van der Waals surface area contributed by atoms with Crippen molar-refractivity contribution in [2.75, 3.05) is 5.73 Å². The van der Waals surface area contributed by atoms with Crippen LogP contribution in [0.25, 0.3) is 0 Å². The lowest BCUT2D eigenvalue weighted by Gasteiger charge is -2.50. The van der Waals surface area contributed by atoms with Crippen LogP contribution in [-0.2, 0) is 40.3 Å². The Hall–Kier alpha value is -4.37. The van der Waals surface area contributed by atoms with Gasteiger partial charge in [0.05, 0.1) is 5.54 Å². The smallest absolute Gasteiger partial charge is 0.418 e. The zero-order valence-corrected chi connectivity index (χ0v) is 29.2. The molecule has 5 atom stereocenters. The number of anilines is 1. The standard InChI is InChI=1S/C30H40N8O10S2/c1-29(2)23(26(40)38(29)48-50(43,44)45)36-25(39)22(19-14-49-28(33)35-19)37-47-30(3,27(41)42)21-12-8-15-13-16(7-11-20(15)46-21)24(32)34-18-6-4-5-17(31)9-10-18/h7,11,13-14,17-18,21,23H,4-6,8-10,12,31H2,1-3H3,(H2,32,34)(H2,33,35)(H,36,39)(H,41,42)(H,43,44,45)/b37-22-/t17-,18-,21+,23+,30?/m0/s1. The van der Waals surface area contributed by atoms with Crippen molar-refractivity contribution in [2.24, 2.45) is 10.9 Å². The number of aryl methyl sites for hydroxylation is 1. The number of nitrogens with zero attached hydrogens (tertiary/aromatic N) is 3. The number of benzene rings is 1. The molecule has 9 N–H and O–H groups in total. The molecule has 1 aliphatic carbocycles. The highest BCUT2D eigenvalue weighted by Crippen LogP contribution is 2.35. The number of rotatable bonds is 11. The molecule has 50 heavy (non-hydrogen) atoms. The molecule has 2 amide bonds. The fourth-order valence-corrected chi connectivity index (χ4v) is 7.09. The first kappa shape index (κ1) is 36.9. The summed E-state index contributed by atoms with van der Waals surface area (Å²) in [6.45, 7) is 3.99. The number of carboxylic acid groups (broad SMARTS) is 1. The first-order chi connectivity index (χ1) is 23.4. The van der Waals surface area contributed by atoms with Crippen molar-refractivity contribution in [3.8, 4) is 5.75 Å². The molecule has 0 radical (unpaired) electrons. The highest BCUT2D eigenvalue weighted by molar-refractivity contribution is 7.80. The Bertz CT molecular complexity index is 1820. The van der Waals surface area contributed by atoms with Gasteiger partial charge in [0, 0.05) is 23.0 Å². The van der Waals surface area contributed by atoms with E-state index in [-0.39, 0.29) is 35.2 Å². The van der Waals surface area contributed by atoms with E-state index in [1.165, 1.54) is 26.2 Å². The second-order valence-electron chi connectivity index (χ2n) is 13.2. The van der Waals surface area contributed by atoms with Gasteiger partial charge in [-0.1, -0.05) is 5.16 Å². The minimum absolute atomic E-state index is 0.0579. The molecule has 272 valence electrons. The summed E-state index contributed by atoms with van der Waals surface area (Å²) in [5.74, 6) is -2.77. The summed E-state index contributed by atoms with van der Waals surface area (Å²) in [6.07, 6.45) is 4.20. The maximum atomic E-state index is 13.5. The number of carbonyl (C=O) groups is 3. The number of ether oxygens (including phenoxy) is 1. The number of thiazole rings is 1. The number of amidine groups is 1. The van der Waals surface area contributed by atoms with Crippen LogP contribution in [0.5, 0.6) is 5.75 Å². The molecule has 18 nitrogen and oxygen atoms in total. The fourth-order valence-electron chi connectivity index (χ4n) is 6.09. The predicted molar refractivity (Wildman–Crippen MR) is 180 cm³/mol. The van der Waals surface area contributed by atoms with Crippen LogP contribution in [0.4, 0.5) is 5.13 Å². The van der Waals surface area contributed by atoms with Gasteiger partial charge in [0.15, 0.2) is 16.9 Å². The van der Waals surface area contributed by atoms with Gasteiger partial charge >= 0.3 is 16.4 Å². The number of β-lactam (4-membered cyclic amide) rings is 1. The summed E-state index contributed by atoms with van der Waals surface area (Å²) < 4.78 is 41.8. The van der Waals surface area contributed by atoms with Crippen LogP contribution in [0, 0.1) is 5.41 Å². The maximum absolute atomic E-state index is 13.5. The van der Waals surface area contributed by atoms with Crippen LogP contribution in [0.3, 0.4) is 0 Å². The zero-order valence-electron chi connectivity index (χ0n) is 27.5. The Morgan fingerprint density at radius 3 is 2.60 bits per heavy atom. The quantitative estimate of drug-likeness (QED) is 0.0425. The molecular weight excluding hydrogens is 697 g/mol. The lowest BCUT2D eigenvalue weighted by molar-refractivity contribution is -0.218. The van der Waals surface area contributed by atoms with Gasteiger partial charge in [0.25, 0.3) is 17.4 Å². The number of amides is 2. The average molecular weight is 737 g/mol. The van der Waals surface area contributed by atoms with Crippen LogP contribution in [-0.4, -0.2) is 92.8 Å². The highest BCUT2D eigenvalue weighted by atomic mass is 32.3. The molecule has 20 heteroatoms. The molecule has 1 unspecified atom stereocenters. The lowest BCUT2D eigenvalue weighted by atomic mass is 9.84. The molecule has 1 saturated heterocycles. The summed E-state index contributed by atoms with van der Waals surface area (Å²) in [5, 5.41) is 30.4. The third kappa shape index (κ3) is 7.83. The molecule has 1 saturated carbocycles.